The van der Waals surface area contributed by atoms with Crippen molar-refractivity contribution < 1.29 is 4.79 Å². The highest BCUT2D eigenvalue weighted by molar-refractivity contribution is 7.16. The summed E-state index contributed by atoms with van der Waals surface area (Å²) in [6, 6.07) is 5.23. The fraction of sp³-hybridized carbons (Fsp3) is 0.294. The molecule has 24 heavy (non-hydrogen) atoms. The normalized spacial score (nSPS) is 8.75. The number of carbonyl (C=O) groups is 1. The molecule has 0 saturated carbocycles. The Kier molecular flexibility index (Phi) is 8.59. The minimum atomic E-state index is -0.377. The Bertz CT molecular complexity index is 753. The number of anilines is 1. The second-order valence-corrected chi connectivity index (χ2v) is 5.21. The molecule has 2 N–H and O–H groups in total. The van der Waals surface area contributed by atoms with Crippen LogP contribution in [0.5, 0.6) is 0 Å². The Morgan fingerprint density at radius 1 is 1.29 bits per heavy atom. The maximum atomic E-state index is 11.6. The molecule has 0 bridgehead atoms. The van der Waals surface area contributed by atoms with E-state index in [0.29, 0.717) is 11.7 Å². The van der Waals surface area contributed by atoms with Crippen molar-refractivity contribution in [3.05, 3.63) is 40.7 Å². The van der Waals surface area contributed by atoms with E-state index in [4.69, 9.17) is 5.26 Å². The average molecular weight is 341 g/mol. The van der Waals surface area contributed by atoms with Gasteiger partial charge in [0.15, 0.2) is 5.13 Å². The number of nitrogens with one attached hydrogen (secondary N) is 2. The molecule has 0 fully saturated rings. The van der Waals surface area contributed by atoms with Gasteiger partial charge in [-0.2, -0.15) is 5.26 Å². The number of rotatable bonds is 3. The summed E-state index contributed by atoms with van der Waals surface area (Å²) in [6.07, 6.45) is 3.64. The van der Waals surface area contributed by atoms with Gasteiger partial charge in [-0.25, -0.2) is 9.78 Å². The SMILES string of the molecule is CC.Cc1nc(NC(=O)NCCC#N)sc1C#Cc1ccncc1. The standard InChI is InChI=1S/C15H13N5OS.C2H6/c1-11-13(4-3-12-5-9-17-10-6-12)22-15(19-11)20-14(21)18-8-2-7-16;1-2/h5-6,9-10H,2,8H2,1H3,(H2,18,19,20,21);1-2H3. The summed E-state index contributed by atoms with van der Waals surface area (Å²) >= 11 is 1.31. The van der Waals surface area contributed by atoms with E-state index in [1.165, 1.54) is 11.3 Å². The van der Waals surface area contributed by atoms with Crippen LogP contribution in [0, 0.1) is 30.1 Å². The Labute approximate surface area is 146 Å². The van der Waals surface area contributed by atoms with E-state index in [-0.39, 0.29) is 12.5 Å². The van der Waals surface area contributed by atoms with E-state index in [1.54, 1.807) is 12.4 Å². The molecule has 0 aliphatic carbocycles. The molecule has 0 aliphatic heterocycles. The molecule has 0 atom stereocenters. The van der Waals surface area contributed by atoms with Crippen molar-refractivity contribution >= 4 is 22.5 Å². The minimum absolute atomic E-state index is 0.271. The van der Waals surface area contributed by atoms with Gasteiger partial charge in [-0.05, 0) is 25.0 Å². The Morgan fingerprint density at radius 3 is 2.67 bits per heavy atom. The van der Waals surface area contributed by atoms with Crippen molar-refractivity contribution in [3.63, 3.8) is 0 Å². The van der Waals surface area contributed by atoms with Crippen molar-refractivity contribution in [2.75, 3.05) is 11.9 Å². The molecule has 124 valence electrons. The number of hydrogen-bond acceptors (Lipinski definition) is 5. The van der Waals surface area contributed by atoms with Crippen molar-refractivity contribution in [2.45, 2.75) is 27.2 Å². The van der Waals surface area contributed by atoms with Crippen LogP contribution in [0.1, 0.15) is 36.4 Å². The van der Waals surface area contributed by atoms with Gasteiger partial charge in [0.05, 0.1) is 18.2 Å². The van der Waals surface area contributed by atoms with Gasteiger partial charge < -0.3 is 5.32 Å². The van der Waals surface area contributed by atoms with Crippen LogP contribution in [0.4, 0.5) is 9.93 Å². The van der Waals surface area contributed by atoms with Gasteiger partial charge in [0.1, 0.15) is 4.88 Å². The lowest BCUT2D eigenvalue weighted by Crippen LogP contribution is -2.29. The highest BCUT2D eigenvalue weighted by atomic mass is 32.1. The van der Waals surface area contributed by atoms with Crippen LogP contribution >= 0.6 is 11.3 Å². The first-order chi connectivity index (χ1) is 11.7. The summed E-state index contributed by atoms with van der Waals surface area (Å²) in [4.78, 5) is 20.6. The van der Waals surface area contributed by atoms with E-state index < -0.39 is 0 Å². The third kappa shape index (κ3) is 6.47. The van der Waals surface area contributed by atoms with Crippen molar-refractivity contribution in [1.82, 2.24) is 15.3 Å². The zero-order valence-electron chi connectivity index (χ0n) is 13.9. The molecular formula is C17H19N5OS. The topological polar surface area (TPSA) is 90.7 Å². The van der Waals surface area contributed by atoms with Crippen LogP contribution in [0.15, 0.2) is 24.5 Å². The van der Waals surface area contributed by atoms with Crippen molar-refractivity contribution in [1.29, 1.82) is 5.26 Å². The molecule has 2 aromatic rings. The fourth-order valence-corrected chi connectivity index (χ4v) is 2.32. The number of hydrogen-bond donors (Lipinski definition) is 2. The van der Waals surface area contributed by atoms with Crippen LogP contribution in [0.25, 0.3) is 0 Å². The second kappa shape index (κ2) is 10.8. The Hall–Kier alpha value is -2.90. The third-order valence-electron chi connectivity index (χ3n) is 2.54. The number of pyridine rings is 1. The number of thiazole rings is 1. The predicted molar refractivity (Wildman–Crippen MR) is 95.7 cm³/mol. The van der Waals surface area contributed by atoms with Crippen LogP contribution < -0.4 is 10.6 Å². The molecule has 2 rings (SSSR count). The summed E-state index contributed by atoms with van der Waals surface area (Å²) in [5.74, 6) is 6.06. The van der Waals surface area contributed by atoms with E-state index in [2.05, 4.69) is 32.4 Å². The lowest BCUT2D eigenvalue weighted by molar-refractivity contribution is 0.252. The predicted octanol–water partition coefficient (Wildman–Crippen LogP) is 3.31. The highest BCUT2D eigenvalue weighted by Gasteiger charge is 2.08. The average Bonchev–Trinajstić information content (AvgIpc) is 2.95. The fourth-order valence-electron chi connectivity index (χ4n) is 1.50. The monoisotopic (exact) mass is 341 g/mol. The largest absolute Gasteiger partial charge is 0.337 e. The summed E-state index contributed by atoms with van der Waals surface area (Å²) in [5.41, 5.74) is 1.63. The zero-order chi connectivity index (χ0) is 17.8. The number of aryl methyl sites for hydroxylation is 1. The molecule has 0 saturated heterocycles. The van der Waals surface area contributed by atoms with Crippen LogP contribution in [-0.2, 0) is 0 Å². The van der Waals surface area contributed by atoms with Gasteiger partial charge in [-0.3, -0.25) is 10.3 Å². The number of aromatic nitrogens is 2. The molecule has 6 nitrogen and oxygen atoms in total. The molecule has 0 aromatic carbocycles. The molecule has 2 amide bonds. The Morgan fingerprint density at radius 2 is 2.00 bits per heavy atom. The molecule has 2 aromatic heterocycles. The number of carbonyl (C=O) groups excluding carboxylic acids is 1. The molecule has 0 unspecified atom stereocenters. The lowest BCUT2D eigenvalue weighted by Gasteiger charge is -2.01. The molecule has 7 heteroatoms. The lowest BCUT2D eigenvalue weighted by atomic mass is 10.2. The smallest absolute Gasteiger partial charge is 0.321 e. The van der Waals surface area contributed by atoms with Gasteiger partial charge in [-0.15, -0.1) is 0 Å². The number of amides is 2. The molecular weight excluding hydrogens is 322 g/mol. The first-order valence-corrected chi connectivity index (χ1v) is 8.32. The summed E-state index contributed by atoms with van der Waals surface area (Å²) in [5, 5.41) is 14.1. The Balaban J connectivity index is 0.00000139. The van der Waals surface area contributed by atoms with E-state index in [9.17, 15) is 4.79 Å². The first kappa shape index (κ1) is 19.1. The molecule has 0 radical (unpaired) electrons. The molecule has 0 aliphatic rings. The second-order valence-electron chi connectivity index (χ2n) is 4.21. The zero-order valence-corrected chi connectivity index (χ0v) is 14.7. The van der Waals surface area contributed by atoms with Crippen LogP contribution in [0.2, 0.25) is 0 Å². The van der Waals surface area contributed by atoms with Crippen LogP contribution in [0.3, 0.4) is 0 Å². The third-order valence-corrected chi connectivity index (χ3v) is 3.53. The van der Waals surface area contributed by atoms with Crippen LogP contribution in [-0.4, -0.2) is 22.5 Å². The number of nitrogens with zero attached hydrogens (tertiary/aromatic N) is 3. The van der Waals surface area contributed by atoms with Gasteiger partial charge in [0.2, 0.25) is 0 Å². The minimum Gasteiger partial charge on any atom is -0.337 e. The summed E-state index contributed by atoms with van der Waals surface area (Å²) in [7, 11) is 0. The van der Waals surface area contributed by atoms with E-state index in [1.807, 2.05) is 39.0 Å². The molecule has 0 spiro atoms. The summed E-state index contributed by atoms with van der Waals surface area (Å²) in [6.45, 7) is 6.15. The van der Waals surface area contributed by atoms with Gasteiger partial charge in [0.25, 0.3) is 0 Å². The number of nitriles is 1. The number of urea groups is 1. The van der Waals surface area contributed by atoms with Crippen molar-refractivity contribution in [3.8, 4) is 17.9 Å². The maximum absolute atomic E-state index is 11.6. The summed E-state index contributed by atoms with van der Waals surface area (Å²) < 4.78 is 0. The quantitative estimate of drug-likeness (QED) is 0.662. The highest BCUT2D eigenvalue weighted by Crippen LogP contribution is 2.21. The van der Waals surface area contributed by atoms with E-state index >= 15 is 0 Å². The molecule has 2 heterocycles. The van der Waals surface area contributed by atoms with Gasteiger partial charge >= 0.3 is 6.03 Å². The first-order valence-electron chi connectivity index (χ1n) is 7.50. The van der Waals surface area contributed by atoms with E-state index in [0.717, 1.165) is 16.1 Å². The van der Waals surface area contributed by atoms with Gasteiger partial charge in [0, 0.05) is 24.5 Å². The van der Waals surface area contributed by atoms with Crippen molar-refractivity contribution in [2.24, 2.45) is 0 Å². The maximum Gasteiger partial charge on any atom is 0.321 e. The van der Waals surface area contributed by atoms with Gasteiger partial charge in [-0.1, -0.05) is 31.1 Å².